The van der Waals surface area contributed by atoms with Crippen LogP contribution in [0.2, 0.25) is 0 Å². The van der Waals surface area contributed by atoms with E-state index >= 15 is 0 Å². The van der Waals surface area contributed by atoms with Gasteiger partial charge in [-0.3, -0.25) is 9.79 Å². The molecular formula is C18H26IN7O. The van der Waals surface area contributed by atoms with E-state index in [1.54, 1.807) is 13.4 Å². The molecule has 1 aromatic heterocycles. The molecule has 146 valence electrons. The average molecular weight is 483 g/mol. The molecule has 1 aliphatic heterocycles. The Labute approximate surface area is 176 Å². The maximum absolute atomic E-state index is 11.9. The largest absolute Gasteiger partial charge is 0.356 e. The molecule has 1 amide bonds. The van der Waals surface area contributed by atoms with Gasteiger partial charge in [0.1, 0.15) is 12.2 Å². The number of nitrogens with one attached hydrogen (secondary N) is 3. The number of guanidine groups is 1. The molecule has 0 spiro atoms. The topological polar surface area (TPSA) is 96.2 Å². The van der Waals surface area contributed by atoms with Crippen LogP contribution in [0.3, 0.4) is 0 Å². The lowest BCUT2D eigenvalue weighted by Crippen LogP contribution is -2.41. The van der Waals surface area contributed by atoms with E-state index in [1.807, 2.05) is 22.8 Å². The summed E-state index contributed by atoms with van der Waals surface area (Å²) in [7, 11) is 1.74. The Morgan fingerprint density at radius 2 is 2.19 bits per heavy atom. The van der Waals surface area contributed by atoms with Crippen molar-refractivity contribution in [2.24, 2.45) is 4.99 Å². The normalized spacial score (nSPS) is 16.1. The summed E-state index contributed by atoms with van der Waals surface area (Å²) < 4.78 is 2.03. The van der Waals surface area contributed by atoms with Gasteiger partial charge in [0.2, 0.25) is 5.91 Å². The number of benzene rings is 1. The van der Waals surface area contributed by atoms with Gasteiger partial charge in [-0.05, 0) is 11.6 Å². The van der Waals surface area contributed by atoms with Crippen LogP contribution >= 0.6 is 24.0 Å². The number of aromatic nitrogens is 3. The second kappa shape index (κ2) is 10.2. The van der Waals surface area contributed by atoms with Gasteiger partial charge in [-0.1, -0.05) is 25.1 Å². The van der Waals surface area contributed by atoms with Gasteiger partial charge in [0, 0.05) is 51.1 Å². The minimum Gasteiger partial charge on any atom is -0.356 e. The number of hydrogen-bond donors (Lipinski definition) is 3. The third kappa shape index (κ3) is 5.41. The highest BCUT2D eigenvalue weighted by atomic mass is 127. The fourth-order valence-corrected chi connectivity index (χ4v) is 3.16. The van der Waals surface area contributed by atoms with Crippen LogP contribution in [0.25, 0.3) is 0 Å². The number of rotatable bonds is 6. The van der Waals surface area contributed by atoms with E-state index in [0.29, 0.717) is 19.5 Å². The Bertz CT molecular complexity index is 790. The van der Waals surface area contributed by atoms with Crippen LogP contribution in [0.5, 0.6) is 0 Å². The molecule has 8 nitrogen and oxygen atoms in total. The van der Waals surface area contributed by atoms with Crippen molar-refractivity contribution < 1.29 is 4.79 Å². The van der Waals surface area contributed by atoms with Crippen LogP contribution in [-0.4, -0.2) is 46.8 Å². The maximum atomic E-state index is 11.9. The maximum Gasteiger partial charge on any atom is 0.225 e. The Hall–Kier alpha value is -2.17. The first kappa shape index (κ1) is 21.1. The molecule has 2 aromatic rings. The second-order valence-electron chi connectivity index (χ2n) is 6.21. The Morgan fingerprint density at radius 1 is 1.37 bits per heavy atom. The Balaban J connectivity index is 0.00000261. The van der Waals surface area contributed by atoms with Crippen LogP contribution in [0.15, 0.2) is 35.6 Å². The van der Waals surface area contributed by atoms with Gasteiger partial charge < -0.3 is 20.5 Å². The van der Waals surface area contributed by atoms with E-state index in [2.05, 4.69) is 44.1 Å². The first-order chi connectivity index (χ1) is 12.7. The molecule has 3 N–H and O–H groups in total. The number of carbonyl (C=O) groups is 1. The summed E-state index contributed by atoms with van der Waals surface area (Å²) in [4.78, 5) is 16.2. The highest BCUT2D eigenvalue weighted by Crippen LogP contribution is 2.31. The number of amides is 1. The summed E-state index contributed by atoms with van der Waals surface area (Å²) in [5.74, 6) is 1.88. The SMILES string of the molecule is CCc1nncn1CCNC(=NC)NCC1CC(=O)Nc2ccccc21.I. The van der Waals surface area contributed by atoms with Crippen molar-refractivity contribution in [2.75, 3.05) is 25.5 Å². The Kier molecular flexibility index (Phi) is 8.01. The van der Waals surface area contributed by atoms with Crippen molar-refractivity contribution >= 4 is 41.5 Å². The van der Waals surface area contributed by atoms with E-state index in [9.17, 15) is 4.79 Å². The summed E-state index contributed by atoms with van der Waals surface area (Å²) in [5.41, 5.74) is 2.06. The van der Waals surface area contributed by atoms with E-state index in [0.717, 1.165) is 36.0 Å². The van der Waals surface area contributed by atoms with Crippen LogP contribution < -0.4 is 16.0 Å². The highest BCUT2D eigenvalue weighted by Gasteiger charge is 2.24. The molecule has 1 aromatic carbocycles. The lowest BCUT2D eigenvalue weighted by molar-refractivity contribution is -0.116. The smallest absolute Gasteiger partial charge is 0.225 e. The summed E-state index contributed by atoms with van der Waals surface area (Å²) >= 11 is 0. The fourth-order valence-electron chi connectivity index (χ4n) is 3.16. The second-order valence-corrected chi connectivity index (χ2v) is 6.21. The third-order valence-electron chi connectivity index (χ3n) is 4.50. The number of aryl methyl sites for hydroxylation is 1. The molecule has 27 heavy (non-hydrogen) atoms. The number of halogens is 1. The van der Waals surface area contributed by atoms with E-state index < -0.39 is 0 Å². The zero-order valence-electron chi connectivity index (χ0n) is 15.6. The fraction of sp³-hybridized carbons (Fsp3) is 0.444. The molecule has 0 fully saturated rings. The first-order valence-corrected chi connectivity index (χ1v) is 8.91. The van der Waals surface area contributed by atoms with E-state index in [-0.39, 0.29) is 35.8 Å². The van der Waals surface area contributed by atoms with Crippen molar-refractivity contribution in [1.29, 1.82) is 0 Å². The van der Waals surface area contributed by atoms with Crippen LogP contribution in [0, 0.1) is 0 Å². The van der Waals surface area contributed by atoms with Crippen molar-refractivity contribution in [3.05, 3.63) is 42.0 Å². The number of aliphatic imine (C=N–C) groups is 1. The van der Waals surface area contributed by atoms with Gasteiger partial charge in [-0.25, -0.2) is 0 Å². The summed E-state index contributed by atoms with van der Waals surface area (Å²) in [6.07, 6.45) is 3.08. The van der Waals surface area contributed by atoms with E-state index in [4.69, 9.17) is 0 Å². The zero-order valence-corrected chi connectivity index (χ0v) is 17.9. The lowest BCUT2D eigenvalue weighted by atomic mass is 9.90. The molecule has 0 bridgehead atoms. The minimum absolute atomic E-state index is 0. The lowest BCUT2D eigenvalue weighted by Gasteiger charge is -2.26. The summed E-state index contributed by atoms with van der Waals surface area (Å²) in [6, 6.07) is 7.94. The number of hydrogen-bond acceptors (Lipinski definition) is 4. The molecule has 1 atom stereocenters. The molecule has 0 radical (unpaired) electrons. The van der Waals surface area contributed by atoms with Crippen LogP contribution in [0.4, 0.5) is 5.69 Å². The number of para-hydroxylation sites is 1. The highest BCUT2D eigenvalue weighted by molar-refractivity contribution is 14.0. The van der Waals surface area contributed by atoms with Gasteiger partial charge in [0.15, 0.2) is 5.96 Å². The van der Waals surface area contributed by atoms with Gasteiger partial charge in [-0.2, -0.15) is 0 Å². The van der Waals surface area contributed by atoms with Gasteiger partial charge in [0.05, 0.1) is 0 Å². The molecule has 1 unspecified atom stereocenters. The number of anilines is 1. The zero-order chi connectivity index (χ0) is 18.4. The monoisotopic (exact) mass is 483 g/mol. The molecular weight excluding hydrogens is 457 g/mol. The predicted molar refractivity (Wildman–Crippen MR) is 117 cm³/mol. The van der Waals surface area contributed by atoms with E-state index in [1.165, 1.54) is 0 Å². The predicted octanol–water partition coefficient (Wildman–Crippen LogP) is 1.75. The van der Waals surface area contributed by atoms with Crippen molar-refractivity contribution in [3.8, 4) is 0 Å². The van der Waals surface area contributed by atoms with Crippen LogP contribution in [0.1, 0.15) is 30.7 Å². The molecule has 9 heteroatoms. The van der Waals surface area contributed by atoms with Gasteiger partial charge in [0.25, 0.3) is 0 Å². The minimum atomic E-state index is 0. The third-order valence-corrected chi connectivity index (χ3v) is 4.50. The summed E-state index contributed by atoms with van der Waals surface area (Å²) in [5, 5.41) is 17.6. The average Bonchev–Trinajstić information content (AvgIpc) is 3.11. The summed E-state index contributed by atoms with van der Waals surface area (Å²) in [6.45, 7) is 4.20. The van der Waals surface area contributed by atoms with Crippen molar-refractivity contribution in [2.45, 2.75) is 32.2 Å². The number of fused-ring (bicyclic) bond motifs is 1. The van der Waals surface area contributed by atoms with Crippen molar-refractivity contribution in [3.63, 3.8) is 0 Å². The van der Waals surface area contributed by atoms with Gasteiger partial charge >= 0.3 is 0 Å². The molecule has 0 aliphatic carbocycles. The Morgan fingerprint density at radius 3 is 2.96 bits per heavy atom. The number of nitrogens with zero attached hydrogens (tertiary/aromatic N) is 4. The first-order valence-electron chi connectivity index (χ1n) is 8.91. The number of carbonyl (C=O) groups excluding carboxylic acids is 1. The molecule has 3 rings (SSSR count). The standard InChI is InChI=1S/C18H25N7O.HI/c1-3-16-24-22-12-25(16)9-8-20-18(19-2)21-11-13-10-17(26)23-15-7-5-4-6-14(13)15;/h4-7,12-13H,3,8-11H2,1-2H3,(H,23,26)(H2,19,20,21);1H. The molecule has 0 saturated carbocycles. The molecule has 0 saturated heterocycles. The quantitative estimate of drug-likeness (QED) is 0.331. The molecule has 2 heterocycles. The molecule has 1 aliphatic rings. The van der Waals surface area contributed by atoms with Crippen molar-refractivity contribution in [1.82, 2.24) is 25.4 Å². The van der Waals surface area contributed by atoms with Crippen LogP contribution in [-0.2, 0) is 17.8 Å². The van der Waals surface area contributed by atoms with Gasteiger partial charge in [-0.15, -0.1) is 34.2 Å².